The van der Waals surface area contributed by atoms with Crippen LogP contribution >= 0.6 is 0 Å². The number of halogens is 9. The van der Waals surface area contributed by atoms with Gasteiger partial charge in [0.15, 0.2) is 0 Å². The van der Waals surface area contributed by atoms with E-state index in [0.717, 1.165) is 37.4 Å². The molecule has 4 heterocycles. The van der Waals surface area contributed by atoms with Gasteiger partial charge >= 0.3 is 36.4 Å². The van der Waals surface area contributed by atoms with E-state index in [-0.39, 0.29) is 17.2 Å². The number of rotatable bonds is 5. The summed E-state index contributed by atoms with van der Waals surface area (Å²) < 4.78 is 101. The number of hydrogen-bond donors (Lipinski definition) is 4. The Morgan fingerprint density at radius 2 is 1.45 bits per heavy atom. The summed E-state index contributed by atoms with van der Waals surface area (Å²) in [7, 11) is 0. The number of aliphatic carboxylic acids is 3. The van der Waals surface area contributed by atoms with E-state index in [0.29, 0.717) is 19.0 Å². The standard InChI is InChI=1S/C20H24N4O2.3C2HF3O2/c1-15-5-4-6-17(23-15)12-24-10-8-20(14-24)16(11-22-19(20)25)13-26-18-7-2-3-9-21-18;3*3-2(4,5)1(6)7/h2-7,9,16H,8,10-14H2,1H3,(H,22,25);3*(H,6,7)/t16-,20+;;;/m0.../s1. The van der Waals surface area contributed by atoms with Gasteiger partial charge in [0.05, 0.1) is 17.7 Å². The van der Waals surface area contributed by atoms with Gasteiger partial charge in [-0.3, -0.25) is 14.7 Å². The van der Waals surface area contributed by atoms with Gasteiger partial charge in [0.2, 0.25) is 11.8 Å². The number of carboxylic acids is 3. The van der Waals surface area contributed by atoms with Crippen molar-refractivity contribution in [3.05, 3.63) is 54.0 Å². The van der Waals surface area contributed by atoms with E-state index in [9.17, 15) is 44.3 Å². The van der Waals surface area contributed by atoms with Crippen LogP contribution in [-0.2, 0) is 25.7 Å². The first-order chi connectivity index (χ1) is 21.5. The lowest BCUT2D eigenvalue weighted by atomic mass is 9.77. The molecule has 4 rings (SSSR count). The van der Waals surface area contributed by atoms with Gasteiger partial charge < -0.3 is 25.4 Å². The average molecular weight is 695 g/mol. The molecule has 0 aliphatic carbocycles. The lowest BCUT2D eigenvalue weighted by molar-refractivity contribution is -0.193. The van der Waals surface area contributed by atoms with Gasteiger partial charge in [0.1, 0.15) is 0 Å². The van der Waals surface area contributed by atoms with Crippen molar-refractivity contribution in [1.82, 2.24) is 20.2 Å². The molecule has 4 N–H and O–H groups in total. The summed E-state index contributed by atoms with van der Waals surface area (Å²) in [6, 6.07) is 11.7. The summed E-state index contributed by atoms with van der Waals surface area (Å²) in [5, 5.41) is 24.4. The van der Waals surface area contributed by atoms with E-state index in [2.05, 4.69) is 20.2 Å². The van der Waals surface area contributed by atoms with Crippen molar-refractivity contribution < 1.29 is 78.7 Å². The average Bonchev–Trinajstić information content (AvgIpc) is 3.50. The quantitative estimate of drug-likeness (QED) is 0.336. The number of pyridine rings is 2. The highest BCUT2D eigenvalue weighted by Crippen LogP contribution is 2.42. The summed E-state index contributed by atoms with van der Waals surface area (Å²) in [5.74, 6) is -7.34. The Kier molecular flexibility index (Phi) is 14.4. The maximum atomic E-state index is 12.6. The lowest BCUT2D eigenvalue weighted by Gasteiger charge is -2.28. The maximum absolute atomic E-state index is 12.6. The van der Waals surface area contributed by atoms with E-state index in [1.807, 2.05) is 43.3 Å². The second kappa shape index (κ2) is 16.7. The number of alkyl halides is 9. The summed E-state index contributed by atoms with van der Waals surface area (Å²) in [6.07, 6.45) is -12.7. The normalized spacial score (nSPS) is 19.2. The predicted octanol–water partition coefficient (Wildman–Crippen LogP) is 3.70. The Labute approximate surface area is 259 Å². The minimum Gasteiger partial charge on any atom is -0.477 e. The molecule has 0 bridgehead atoms. The molecule has 2 saturated heterocycles. The minimum atomic E-state index is -5.08. The number of carboxylic acid groups (broad SMARTS) is 3. The number of nitrogens with one attached hydrogen (secondary N) is 1. The lowest BCUT2D eigenvalue weighted by Crippen LogP contribution is -2.40. The third-order valence-corrected chi connectivity index (χ3v) is 6.25. The SMILES string of the molecule is Cc1cccc(CN2CC[C@]3(C2)C(=O)NC[C@H]3COc2ccccn2)n1.O=C(O)C(F)(F)F.O=C(O)C(F)(F)F.O=C(O)C(F)(F)F. The molecule has 2 aliphatic rings. The Hall–Kier alpha value is -4.69. The van der Waals surface area contributed by atoms with Gasteiger partial charge in [-0.1, -0.05) is 12.1 Å². The molecule has 0 saturated carbocycles. The third-order valence-electron chi connectivity index (χ3n) is 6.25. The highest BCUT2D eigenvalue weighted by molar-refractivity contribution is 5.86. The molecule has 12 nitrogen and oxygen atoms in total. The third kappa shape index (κ3) is 13.7. The van der Waals surface area contributed by atoms with Crippen molar-refractivity contribution in [2.45, 2.75) is 38.4 Å². The van der Waals surface area contributed by atoms with Crippen molar-refractivity contribution in [2.24, 2.45) is 11.3 Å². The molecule has 0 aromatic carbocycles. The fourth-order valence-electron chi connectivity index (χ4n) is 4.09. The molecule has 2 aliphatic heterocycles. The summed E-state index contributed by atoms with van der Waals surface area (Å²) >= 11 is 0. The van der Waals surface area contributed by atoms with Crippen molar-refractivity contribution in [3.63, 3.8) is 0 Å². The Bertz CT molecular complexity index is 1300. The zero-order chi connectivity index (χ0) is 36.2. The molecule has 1 spiro atoms. The van der Waals surface area contributed by atoms with Crippen molar-refractivity contribution >= 4 is 23.8 Å². The minimum absolute atomic E-state index is 0.159. The molecule has 1 amide bonds. The van der Waals surface area contributed by atoms with Gasteiger partial charge in [-0.05, 0) is 38.1 Å². The Balaban J connectivity index is 0.000000430. The Morgan fingerprint density at radius 1 is 0.915 bits per heavy atom. The number of likely N-dealkylation sites (tertiary alicyclic amines) is 1. The van der Waals surface area contributed by atoms with Gasteiger partial charge in [0.25, 0.3) is 0 Å². The maximum Gasteiger partial charge on any atom is 0.490 e. The second-order valence-electron chi connectivity index (χ2n) is 9.68. The summed E-state index contributed by atoms with van der Waals surface area (Å²) in [5.41, 5.74) is 1.72. The zero-order valence-corrected chi connectivity index (χ0v) is 24.0. The van der Waals surface area contributed by atoms with Crippen LogP contribution in [0.3, 0.4) is 0 Å². The molecule has 47 heavy (non-hydrogen) atoms. The van der Waals surface area contributed by atoms with Gasteiger partial charge in [-0.2, -0.15) is 39.5 Å². The van der Waals surface area contributed by atoms with Crippen LogP contribution in [0.25, 0.3) is 0 Å². The van der Waals surface area contributed by atoms with Gasteiger partial charge in [-0.25, -0.2) is 19.4 Å². The smallest absolute Gasteiger partial charge is 0.477 e. The molecule has 2 aromatic heterocycles. The molecule has 262 valence electrons. The van der Waals surface area contributed by atoms with Crippen molar-refractivity contribution in [3.8, 4) is 5.88 Å². The first-order valence-corrected chi connectivity index (χ1v) is 12.9. The first-order valence-electron chi connectivity index (χ1n) is 12.9. The largest absolute Gasteiger partial charge is 0.490 e. The second-order valence-corrected chi connectivity index (χ2v) is 9.68. The van der Waals surface area contributed by atoms with E-state index >= 15 is 0 Å². The number of ether oxygens (including phenoxy) is 1. The van der Waals surface area contributed by atoms with E-state index < -0.39 is 36.4 Å². The molecular weight excluding hydrogens is 667 g/mol. The molecule has 2 aromatic rings. The first kappa shape index (κ1) is 40.3. The molecular formula is C26H27F9N4O8. The number of aryl methyl sites for hydroxylation is 1. The summed E-state index contributed by atoms with van der Waals surface area (Å²) in [6.45, 7) is 5.62. The van der Waals surface area contributed by atoms with Crippen LogP contribution in [-0.4, -0.2) is 98.8 Å². The summed E-state index contributed by atoms with van der Waals surface area (Å²) in [4.78, 5) is 50.5. The van der Waals surface area contributed by atoms with E-state index in [1.54, 1.807) is 6.20 Å². The van der Waals surface area contributed by atoms with E-state index in [4.69, 9.17) is 34.4 Å². The van der Waals surface area contributed by atoms with Crippen molar-refractivity contribution in [1.29, 1.82) is 0 Å². The zero-order valence-electron chi connectivity index (χ0n) is 24.0. The van der Waals surface area contributed by atoms with E-state index in [1.165, 1.54) is 0 Å². The van der Waals surface area contributed by atoms with Crippen LogP contribution in [0.2, 0.25) is 0 Å². The van der Waals surface area contributed by atoms with Crippen molar-refractivity contribution in [2.75, 3.05) is 26.2 Å². The molecule has 2 fully saturated rings. The highest BCUT2D eigenvalue weighted by Gasteiger charge is 2.54. The number of carbonyl (C=O) groups is 4. The number of carbonyl (C=O) groups excluding carboxylic acids is 1. The number of aromatic nitrogens is 2. The fraction of sp³-hybridized carbons (Fsp3) is 0.462. The van der Waals surface area contributed by atoms with Gasteiger partial charge in [0, 0.05) is 43.5 Å². The van der Waals surface area contributed by atoms with Gasteiger partial charge in [-0.15, -0.1) is 0 Å². The van der Waals surface area contributed by atoms with Crippen LogP contribution < -0.4 is 10.1 Å². The van der Waals surface area contributed by atoms with Crippen LogP contribution in [0.4, 0.5) is 39.5 Å². The fourth-order valence-corrected chi connectivity index (χ4v) is 4.09. The number of nitrogens with zero attached hydrogens (tertiary/aromatic N) is 3. The molecule has 2 atom stereocenters. The topological polar surface area (TPSA) is 179 Å². The highest BCUT2D eigenvalue weighted by atomic mass is 19.4. The monoisotopic (exact) mass is 694 g/mol. The molecule has 0 unspecified atom stereocenters. The van der Waals surface area contributed by atoms with Crippen LogP contribution in [0.5, 0.6) is 5.88 Å². The van der Waals surface area contributed by atoms with Crippen LogP contribution in [0.1, 0.15) is 17.8 Å². The molecule has 0 radical (unpaired) electrons. The van der Waals surface area contributed by atoms with Crippen LogP contribution in [0.15, 0.2) is 42.6 Å². The Morgan fingerprint density at radius 3 is 1.89 bits per heavy atom. The predicted molar refractivity (Wildman–Crippen MR) is 139 cm³/mol. The number of hydrogen-bond acceptors (Lipinski definition) is 8. The number of amides is 1. The van der Waals surface area contributed by atoms with Crippen LogP contribution in [0, 0.1) is 18.3 Å². The molecule has 21 heteroatoms.